The van der Waals surface area contributed by atoms with E-state index in [4.69, 9.17) is 11.5 Å². The van der Waals surface area contributed by atoms with Gasteiger partial charge in [-0.15, -0.1) is 0 Å². The highest BCUT2D eigenvalue weighted by Gasteiger charge is 2.24. The minimum absolute atomic E-state index is 0.000183. The topological polar surface area (TPSA) is 190 Å². The molecule has 0 radical (unpaired) electrons. The predicted octanol–water partition coefficient (Wildman–Crippen LogP) is 1.05. The zero-order valence-electron chi connectivity index (χ0n) is 18.7. The third-order valence-corrected chi connectivity index (χ3v) is 4.95. The molecule has 0 saturated heterocycles. The Morgan fingerprint density at radius 2 is 1.80 bits per heavy atom. The monoisotopic (exact) mass is 488 g/mol. The normalized spacial score (nSPS) is 11.8. The smallest absolute Gasteiger partial charge is 0.326 e. The lowest BCUT2D eigenvalue weighted by Gasteiger charge is -2.21. The number of carbonyl (C=O) groups is 3. The average molecular weight is 488 g/mol. The van der Waals surface area contributed by atoms with Crippen molar-refractivity contribution in [3.8, 4) is 0 Å². The van der Waals surface area contributed by atoms with E-state index in [1.807, 2.05) is 0 Å². The van der Waals surface area contributed by atoms with Gasteiger partial charge in [-0.25, -0.2) is 23.5 Å². The first-order valence-corrected chi connectivity index (χ1v) is 10.2. The molecule has 1 aromatic carbocycles. The second-order valence-corrected chi connectivity index (χ2v) is 7.75. The zero-order chi connectivity index (χ0) is 25.9. The van der Waals surface area contributed by atoms with E-state index in [2.05, 4.69) is 25.3 Å². The van der Waals surface area contributed by atoms with E-state index in [0.29, 0.717) is 5.69 Å². The number of carbonyl (C=O) groups excluding carboxylic acids is 2. The van der Waals surface area contributed by atoms with Crippen LogP contribution in [-0.2, 0) is 16.1 Å². The number of anilines is 3. The number of rotatable bonds is 9. The lowest BCUT2D eigenvalue weighted by atomic mass is 10.1. The van der Waals surface area contributed by atoms with Gasteiger partial charge in [0.2, 0.25) is 5.95 Å². The van der Waals surface area contributed by atoms with Gasteiger partial charge in [-0.3, -0.25) is 4.79 Å². The van der Waals surface area contributed by atoms with E-state index in [1.165, 1.54) is 25.1 Å². The Balaban J connectivity index is 1.80. The third-order valence-electron chi connectivity index (χ3n) is 4.95. The van der Waals surface area contributed by atoms with Crippen molar-refractivity contribution in [2.45, 2.75) is 32.4 Å². The number of aliphatic carboxylic acids is 1. The number of nitrogens with one attached hydrogen (secondary N) is 1. The molecule has 0 aliphatic carbocycles. The highest BCUT2D eigenvalue weighted by atomic mass is 19.1. The summed E-state index contributed by atoms with van der Waals surface area (Å²) in [6, 6.07) is 0.182. The summed E-state index contributed by atoms with van der Waals surface area (Å²) < 4.78 is 29.6. The van der Waals surface area contributed by atoms with Crippen LogP contribution in [0.1, 0.15) is 35.8 Å². The van der Waals surface area contributed by atoms with Crippen LogP contribution < -0.4 is 21.7 Å². The molecule has 12 nitrogen and oxygen atoms in total. The Morgan fingerprint density at radius 3 is 2.40 bits per heavy atom. The molecule has 0 fully saturated rings. The van der Waals surface area contributed by atoms with Gasteiger partial charge in [-0.05, 0) is 25.5 Å². The van der Waals surface area contributed by atoms with E-state index < -0.39 is 40.8 Å². The number of hydrogen-bond acceptors (Lipinski definition) is 10. The van der Waals surface area contributed by atoms with Crippen molar-refractivity contribution < 1.29 is 28.3 Å². The van der Waals surface area contributed by atoms with Gasteiger partial charge < -0.3 is 31.6 Å². The fraction of sp³-hybridized carbons (Fsp3) is 0.286. The summed E-state index contributed by atoms with van der Waals surface area (Å²) in [6.45, 7) is 1.20. The number of aromatic nitrogens is 4. The molecule has 184 valence electrons. The number of Topliss-reactive ketones (excluding diaryl/α,β-unsaturated/α-hetero) is 1. The fourth-order valence-electron chi connectivity index (χ4n) is 3.29. The van der Waals surface area contributed by atoms with Crippen LogP contribution in [0.4, 0.5) is 26.2 Å². The van der Waals surface area contributed by atoms with E-state index in [-0.39, 0.29) is 48.1 Å². The van der Waals surface area contributed by atoms with Gasteiger partial charge in [0.1, 0.15) is 29.1 Å². The maximum absolute atomic E-state index is 14.8. The van der Waals surface area contributed by atoms with E-state index >= 15 is 0 Å². The maximum Gasteiger partial charge on any atom is 0.326 e. The molecular formula is C21H22F2N8O4. The minimum atomic E-state index is -1.39. The lowest BCUT2D eigenvalue weighted by molar-refractivity contribution is -0.139. The Kier molecular flexibility index (Phi) is 7.32. The number of nitrogens with zero attached hydrogens (tertiary/aromatic N) is 5. The van der Waals surface area contributed by atoms with Gasteiger partial charge in [0.05, 0.1) is 18.4 Å². The summed E-state index contributed by atoms with van der Waals surface area (Å²) in [5, 5.41) is 11.4. The Bertz CT molecular complexity index is 1300. The number of hydrogen-bond donors (Lipinski definition) is 4. The van der Waals surface area contributed by atoms with Crippen molar-refractivity contribution in [2.75, 3.05) is 23.4 Å². The molecule has 6 N–H and O–H groups in total. The molecule has 0 saturated carbocycles. The number of nitrogen functional groups attached to an aromatic ring is 2. The first-order valence-electron chi connectivity index (χ1n) is 10.2. The van der Waals surface area contributed by atoms with Gasteiger partial charge in [-0.1, -0.05) is 0 Å². The highest BCUT2D eigenvalue weighted by Crippen LogP contribution is 2.26. The molecule has 2 heterocycles. The Hall–Kier alpha value is -4.49. The van der Waals surface area contributed by atoms with Crippen LogP contribution in [0.3, 0.4) is 0 Å². The van der Waals surface area contributed by atoms with Gasteiger partial charge in [0.15, 0.2) is 17.0 Å². The molecule has 0 bridgehead atoms. The molecule has 0 aliphatic heterocycles. The minimum Gasteiger partial charge on any atom is -0.480 e. The van der Waals surface area contributed by atoms with E-state index in [0.717, 1.165) is 12.1 Å². The van der Waals surface area contributed by atoms with Crippen molar-refractivity contribution in [2.24, 2.45) is 0 Å². The highest BCUT2D eigenvalue weighted by molar-refractivity contribution is 5.97. The number of amides is 1. The molecule has 3 aromatic rings. The molecule has 1 amide bonds. The quantitative estimate of drug-likeness (QED) is 0.337. The van der Waals surface area contributed by atoms with Crippen LogP contribution in [0.2, 0.25) is 0 Å². The lowest BCUT2D eigenvalue weighted by Crippen LogP contribution is -2.41. The summed E-state index contributed by atoms with van der Waals surface area (Å²) in [7, 11) is 1.40. The number of nitrogens with two attached hydrogens (primary N) is 2. The van der Waals surface area contributed by atoms with Crippen molar-refractivity contribution in [1.29, 1.82) is 0 Å². The first-order chi connectivity index (χ1) is 16.5. The van der Waals surface area contributed by atoms with Crippen molar-refractivity contribution in [3.05, 3.63) is 41.2 Å². The van der Waals surface area contributed by atoms with E-state index in [9.17, 15) is 28.3 Å². The maximum atomic E-state index is 14.8. The second-order valence-electron chi connectivity index (χ2n) is 7.75. The molecule has 0 unspecified atom stereocenters. The first kappa shape index (κ1) is 25.1. The summed E-state index contributed by atoms with van der Waals surface area (Å²) in [5.74, 6) is -4.82. The number of carboxylic acids is 1. The molecule has 14 heteroatoms. The number of carboxylic acid groups (broad SMARTS) is 1. The van der Waals surface area contributed by atoms with Crippen LogP contribution in [-0.4, -0.2) is 55.8 Å². The van der Waals surface area contributed by atoms with Crippen LogP contribution >= 0.6 is 0 Å². The third kappa shape index (κ3) is 5.90. The van der Waals surface area contributed by atoms with Crippen LogP contribution in [0, 0.1) is 11.6 Å². The molecular weight excluding hydrogens is 466 g/mol. The number of ketones is 1. The van der Waals surface area contributed by atoms with E-state index in [1.54, 1.807) is 0 Å². The number of halogens is 2. The molecule has 2 aromatic heterocycles. The van der Waals surface area contributed by atoms with Gasteiger partial charge in [-0.2, -0.15) is 9.97 Å². The molecule has 0 spiro atoms. The molecule has 3 rings (SSSR count). The fourth-order valence-corrected chi connectivity index (χ4v) is 3.29. The largest absolute Gasteiger partial charge is 0.480 e. The van der Waals surface area contributed by atoms with Crippen LogP contribution in [0.25, 0.3) is 11.2 Å². The average Bonchev–Trinajstić information content (AvgIpc) is 2.75. The summed E-state index contributed by atoms with van der Waals surface area (Å²) in [5.41, 5.74) is 11.1. The van der Waals surface area contributed by atoms with Gasteiger partial charge in [0, 0.05) is 19.0 Å². The second kappa shape index (κ2) is 10.2. The molecule has 0 aliphatic rings. The standard InChI is InChI=1S/C21H22F2N8O4/c1-9(32)3-4-14(20(34)35)28-19(33)10-5-12(22)16(13(23)6-10)31(2)8-11-7-26-18-15(27-11)17(24)29-21(25)30-18/h5-7,14H,3-4,8H2,1-2H3,(H,28,33)(H,34,35)(H4,24,25,26,29,30)/t14-/m0/s1. The van der Waals surface area contributed by atoms with Gasteiger partial charge >= 0.3 is 5.97 Å². The van der Waals surface area contributed by atoms with Gasteiger partial charge in [0.25, 0.3) is 5.91 Å². The van der Waals surface area contributed by atoms with Crippen LogP contribution in [0.5, 0.6) is 0 Å². The van der Waals surface area contributed by atoms with Crippen molar-refractivity contribution >= 4 is 46.3 Å². The SMILES string of the molecule is CC(=O)CC[C@H](NC(=O)c1cc(F)c(N(C)Cc2cnc3nc(N)nc(N)c3n2)c(F)c1)C(=O)O. The van der Waals surface area contributed by atoms with Crippen LogP contribution in [0.15, 0.2) is 18.3 Å². The zero-order valence-corrected chi connectivity index (χ0v) is 18.7. The number of benzene rings is 1. The molecule has 1 atom stereocenters. The number of fused-ring (bicyclic) bond motifs is 1. The Labute approximate surface area is 197 Å². The predicted molar refractivity (Wildman–Crippen MR) is 121 cm³/mol. The summed E-state index contributed by atoms with van der Waals surface area (Å²) in [6.07, 6.45) is 1.11. The van der Waals surface area contributed by atoms with Crippen molar-refractivity contribution in [3.63, 3.8) is 0 Å². The summed E-state index contributed by atoms with van der Waals surface area (Å²) >= 11 is 0. The molecule has 35 heavy (non-hydrogen) atoms. The van der Waals surface area contributed by atoms with Crippen molar-refractivity contribution in [1.82, 2.24) is 25.3 Å². The summed E-state index contributed by atoms with van der Waals surface area (Å²) in [4.78, 5) is 52.1. The Morgan fingerprint density at radius 1 is 1.14 bits per heavy atom.